The van der Waals surface area contributed by atoms with Gasteiger partial charge in [-0.1, -0.05) is 59.6 Å². The van der Waals surface area contributed by atoms with Crippen LogP contribution in [-0.4, -0.2) is 19.6 Å². The average molecular weight is 405 g/mol. The lowest BCUT2D eigenvalue weighted by Crippen LogP contribution is -1.98. The molecule has 0 saturated heterocycles. The molecule has 0 N–H and O–H groups in total. The van der Waals surface area contributed by atoms with E-state index in [-0.39, 0.29) is 0 Å². The predicted octanol–water partition coefficient (Wildman–Crippen LogP) is 6.23. The average Bonchev–Trinajstić information content (AvgIpc) is 3.13. The van der Waals surface area contributed by atoms with E-state index in [0.717, 1.165) is 33.4 Å². The highest BCUT2D eigenvalue weighted by atomic mass is 35.5. The lowest BCUT2D eigenvalue weighted by Gasteiger charge is -2.10. The van der Waals surface area contributed by atoms with Gasteiger partial charge in [0, 0.05) is 16.1 Å². The Morgan fingerprint density at radius 2 is 1.68 bits per heavy atom. The highest BCUT2D eigenvalue weighted by molar-refractivity contribution is 6.36. The van der Waals surface area contributed by atoms with Crippen molar-refractivity contribution in [1.82, 2.24) is 19.6 Å². The zero-order valence-corrected chi connectivity index (χ0v) is 16.4. The number of benzene rings is 3. The first kappa shape index (κ1) is 17.2. The fraction of sp³-hybridized carbons (Fsp3) is 0.0455. The molecule has 6 heteroatoms. The van der Waals surface area contributed by atoms with Gasteiger partial charge in [0.2, 0.25) is 0 Å². The number of halogens is 2. The van der Waals surface area contributed by atoms with Gasteiger partial charge >= 0.3 is 0 Å². The van der Waals surface area contributed by atoms with Gasteiger partial charge in [-0.05, 0) is 42.8 Å². The van der Waals surface area contributed by atoms with Gasteiger partial charge < -0.3 is 0 Å². The summed E-state index contributed by atoms with van der Waals surface area (Å²) in [6.07, 6.45) is 0. The highest BCUT2D eigenvalue weighted by Gasteiger charge is 2.19. The van der Waals surface area contributed by atoms with E-state index in [1.807, 2.05) is 46.9 Å². The topological polar surface area (TPSA) is 43.1 Å². The minimum atomic E-state index is 0.528. The Morgan fingerprint density at radius 1 is 0.857 bits per heavy atom. The second kappa shape index (κ2) is 6.59. The smallest absolute Gasteiger partial charge is 0.188 e. The van der Waals surface area contributed by atoms with Crippen LogP contribution < -0.4 is 0 Å². The van der Waals surface area contributed by atoms with E-state index < -0.39 is 0 Å². The van der Waals surface area contributed by atoms with Crippen molar-refractivity contribution < 1.29 is 0 Å². The van der Waals surface area contributed by atoms with Gasteiger partial charge in [-0.3, -0.25) is 4.40 Å². The fourth-order valence-electron chi connectivity index (χ4n) is 3.38. The van der Waals surface area contributed by atoms with E-state index >= 15 is 0 Å². The van der Waals surface area contributed by atoms with Crippen molar-refractivity contribution in [2.45, 2.75) is 6.92 Å². The minimum Gasteiger partial charge on any atom is -0.271 e. The second-order valence-corrected chi connectivity index (χ2v) is 7.47. The third kappa shape index (κ3) is 2.73. The molecule has 0 saturated carbocycles. The molecule has 5 aromatic rings. The molecule has 0 spiro atoms. The monoisotopic (exact) mass is 404 g/mol. The summed E-state index contributed by atoms with van der Waals surface area (Å²) in [5.74, 6) is 0.659. The van der Waals surface area contributed by atoms with Crippen LogP contribution in [0.25, 0.3) is 39.3 Å². The third-order valence-corrected chi connectivity index (χ3v) is 5.25. The van der Waals surface area contributed by atoms with E-state index in [9.17, 15) is 0 Å². The Hall–Kier alpha value is -2.95. The molecule has 0 unspecified atom stereocenters. The summed E-state index contributed by atoms with van der Waals surface area (Å²) in [6.45, 7) is 2.05. The van der Waals surface area contributed by atoms with Crippen LogP contribution in [0.4, 0.5) is 0 Å². The van der Waals surface area contributed by atoms with Crippen molar-refractivity contribution in [3.8, 4) is 22.6 Å². The fourth-order valence-corrected chi connectivity index (χ4v) is 3.87. The number of hydrogen-bond donors (Lipinski definition) is 0. The minimum absolute atomic E-state index is 0.528. The van der Waals surface area contributed by atoms with Crippen LogP contribution in [0.15, 0.2) is 66.7 Å². The van der Waals surface area contributed by atoms with Crippen molar-refractivity contribution in [3.05, 3.63) is 82.3 Å². The number of hydrogen-bond acceptors (Lipinski definition) is 3. The van der Waals surface area contributed by atoms with Crippen LogP contribution in [0, 0.1) is 6.92 Å². The van der Waals surface area contributed by atoms with Crippen LogP contribution in [0.5, 0.6) is 0 Å². The third-order valence-electron chi connectivity index (χ3n) is 4.70. The molecule has 0 bridgehead atoms. The molecule has 3 aromatic carbocycles. The number of nitrogens with zero attached hydrogens (tertiary/aromatic N) is 4. The molecule has 0 amide bonds. The maximum atomic E-state index is 6.48. The summed E-state index contributed by atoms with van der Waals surface area (Å²) in [4.78, 5) is 4.88. The molecule has 2 heterocycles. The second-order valence-electron chi connectivity index (χ2n) is 6.63. The van der Waals surface area contributed by atoms with Crippen LogP contribution in [0.2, 0.25) is 10.0 Å². The molecule has 28 heavy (non-hydrogen) atoms. The van der Waals surface area contributed by atoms with E-state index in [1.54, 1.807) is 12.1 Å². The van der Waals surface area contributed by atoms with Gasteiger partial charge in [-0.2, -0.15) is 0 Å². The largest absolute Gasteiger partial charge is 0.271 e. The van der Waals surface area contributed by atoms with Crippen molar-refractivity contribution in [3.63, 3.8) is 0 Å². The van der Waals surface area contributed by atoms with Crippen LogP contribution in [-0.2, 0) is 0 Å². The zero-order valence-electron chi connectivity index (χ0n) is 14.9. The summed E-state index contributed by atoms with van der Waals surface area (Å²) in [7, 11) is 0. The van der Waals surface area contributed by atoms with Crippen molar-refractivity contribution >= 4 is 39.9 Å². The first-order valence-electron chi connectivity index (χ1n) is 8.78. The zero-order chi connectivity index (χ0) is 19.3. The first-order chi connectivity index (χ1) is 13.6. The standard InChI is InChI=1S/C22H14Cl2N4/c1-13-7-10-18-19(11-13)28-21(16-9-8-15(23)12-17(16)24)26-27-22(28)20(25-18)14-5-3-2-4-6-14/h2-12H,1H3. The normalized spacial score (nSPS) is 11.4. The van der Waals surface area contributed by atoms with E-state index in [2.05, 4.69) is 29.3 Å². The quantitative estimate of drug-likeness (QED) is 0.350. The van der Waals surface area contributed by atoms with E-state index in [4.69, 9.17) is 28.2 Å². The molecule has 136 valence electrons. The summed E-state index contributed by atoms with van der Waals surface area (Å²) in [5.41, 5.74) is 6.14. The van der Waals surface area contributed by atoms with Gasteiger partial charge in [-0.25, -0.2) is 4.98 Å². The lowest BCUT2D eigenvalue weighted by molar-refractivity contribution is 1.12. The van der Waals surface area contributed by atoms with E-state index in [0.29, 0.717) is 21.5 Å². The number of aryl methyl sites for hydroxylation is 1. The summed E-state index contributed by atoms with van der Waals surface area (Å²) >= 11 is 12.6. The molecule has 4 nitrogen and oxygen atoms in total. The van der Waals surface area contributed by atoms with Crippen molar-refractivity contribution in [2.75, 3.05) is 0 Å². The SMILES string of the molecule is Cc1ccc2nc(-c3ccccc3)c3nnc(-c4ccc(Cl)cc4Cl)n3c2c1. The summed E-state index contributed by atoms with van der Waals surface area (Å²) in [5, 5.41) is 10.0. The molecule has 0 atom stereocenters. The van der Waals surface area contributed by atoms with Gasteiger partial charge in [0.1, 0.15) is 5.69 Å². The van der Waals surface area contributed by atoms with Crippen LogP contribution in [0.1, 0.15) is 5.56 Å². The number of rotatable bonds is 2. The highest BCUT2D eigenvalue weighted by Crippen LogP contribution is 2.33. The number of aromatic nitrogens is 4. The predicted molar refractivity (Wildman–Crippen MR) is 114 cm³/mol. The molecule has 5 rings (SSSR count). The molecule has 0 fully saturated rings. The van der Waals surface area contributed by atoms with Gasteiger partial charge in [0.25, 0.3) is 0 Å². The van der Waals surface area contributed by atoms with Crippen molar-refractivity contribution in [1.29, 1.82) is 0 Å². The summed E-state index contributed by atoms with van der Waals surface area (Å²) in [6, 6.07) is 21.5. The maximum absolute atomic E-state index is 6.48. The molecular weight excluding hydrogens is 391 g/mol. The Labute approximate surface area is 171 Å². The Bertz CT molecular complexity index is 1340. The van der Waals surface area contributed by atoms with Gasteiger partial charge in [0.15, 0.2) is 11.5 Å². The lowest BCUT2D eigenvalue weighted by atomic mass is 10.1. The van der Waals surface area contributed by atoms with E-state index in [1.165, 1.54) is 0 Å². The van der Waals surface area contributed by atoms with Gasteiger partial charge in [-0.15, -0.1) is 10.2 Å². The van der Waals surface area contributed by atoms with Crippen LogP contribution >= 0.6 is 23.2 Å². The number of fused-ring (bicyclic) bond motifs is 3. The molecule has 2 aromatic heterocycles. The molecular formula is C22H14Cl2N4. The Balaban J connectivity index is 1.93. The molecule has 0 radical (unpaired) electrons. The molecule has 0 aliphatic heterocycles. The maximum Gasteiger partial charge on any atom is 0.188 e. The first-order valence-corrected chi connectivity index (χ1v) is 9.54. The molecule has 0 aliphatic rings. The Morgan fingerprint density at radius 3 is 2.46 bits per heavy atom. The van der Waals surface area contributed by atoms with Crippen LogP contribution in [0.3, 0.4) is 0 Å². The molecule has 0 aliphatic carbocycles. The summed E-state index contributed by atoms with van der Waals surface area (Å²) < 4.78 is 2.02. The van der Waals surface area contributed by atoms with Gasteiger partial charge in [0.05, 0.1) is 16.1 Å². The Kier molecular flexibility index (Phi) is 4.04. The van der Waals surface area contributed by atoms with Crippen molar-refractivity contribution in [2.24, 2.45) is 0 Å².